The van der Waals surface area contributed by atoms with Gasteiger partial charge in [0, 0.05) is 18.4 Å². The highest BCUT2D eigenvalue weighted by molar-refractivity contribution is 7.20. The first kappa shape index (κ1) is 21.1. The van der Waals surface area contributed by atoms with Crippen LogP contribution in [-0.4, -0.2) is 25.9 Å². The topological polar surface area (TPSA) is 94.9 Å². The predicted octanol–water partition coefficient (Wildman–Crippen LogP) is 6.02. The van der Waals surface area contributed by atoms with Gasteiger partial charge in [-0.2, -0.15) is 0 Å². The molecule has 0 aliphatic rings. The molecule has 170 valence electrons. The third kappa shape index (κ3) is 4.39. The van der Waals surface area contributed by atoms with Gasteiger partial charge in [0.25, 0.3) is 11.7 Å². The lowest BCUT2D eigenvalue weighted by Gasteiger charge is -2.00. The van der Waals surface area contributed by atoms with Gasteiger partial charge < -0.3 is 8.83 Å². The van der Waals surface area contributed by atoms with Gasteiger partial charge in [-0.3, -0.25) is 4.79 Å². The number of carbonyl (C=O) groups excluding carboxylic acids is 1. The van der Waals surface area contributed by atoms with E-state index in [9.17, 15) is 4.79 Å². The zero-order valence-electron chi connectivity index (χ0n) is 18.4. The molecule has 6 rings (SSSR count). The molecule has 0 atom stereocenters. The first-order valence-electron chi connectivity index (χ1n) is 11.1. The molecule has 0 aliphatic carbocycles. The summed E-state index contributed by atoms with van der Waals surface area (Å²) in [6.07, 6.45) is 2.59. The molecule has 35 heavy (non-hydrogen) atoms. The van der Waals surface area contributed by atoms with Crippen molar-refractivity contribution in [3.63, 3.8) is 0 Å². The number of hydrogen-bond acceptors (Lipinski definition) is 8. The molecule has 0 fully saturated rings. The third-order valence-corrected chi connectivity index (χ3v) is 6.53. The van der Waals surface area contributed by atoms with Crippen LogP contribution in [0.5, 0.6) is 0 Å². The third-order valence-electron chi connectivity index (χ3n) is 5.52. The molecule has 0 saturated heterocycles. The van der Waals surface area contributed by atoms with Crippen LogP contribution in [0, 0.1) is 0 Å². The van der Waals surface area contributed by atoms with E-state index >= 15 is 0 Å². The van der Waals surface area contributed by atoms with Gasteiger partial charge in [-0.25, -0.2) is 9.97 Å². The van der Waals surface area contributed by atoms with E-state index in [0.717, 1.165) is 26.9 Å². The lowest BCUT2D eigenvalue weighted by atomic mass is 10.1. The summed E-state index contributed by atoms with van der Waals surface area (Å²) in [4.78, 5) is 21.7. The number of benzene rings is 3. The molecule has 0 aliphatic heterocycles. The normalized spacial score (nSPS) is 11.2. The van der Waals surface area contributed by atoms with E-state index in [-0.39, 0.29) is 11.7 Å². The molecule has 0 unspecified atom stereocenters. The minimum atomic E-state index is -0.381. The fourth-order valence-corrected chi connectivity index (χ4v) is 4.68. The zero-order valence-corrected chi connectivity index (χ0v) is 19.2. The average molecular weight is 479 g/mol. The summed E-state index contributed by atoms with van der Waals surface area (Å²) in [5, 5.41) is 8.28. The minimum absolute atomic E-state index is 0.0697. The van der Waals surface area contributed by atoms with Crippen LogP contribution in [-0.2, 0) is 12.8 Å². The van der Waals surface area contributed by atoms with Crippen molar-refractivity contribution in [3.05, 3.63) is 108 Å². The van der Waals surface area contributed by atoms with Crippen molar-refractivity contribution in [2.75, 3.05) is 0 Å². The van der Waals surface area contributed by atoms with E-state index in [1.807, 2.05) is 66.7 Å². The summed E-state index contributed by atoms with van der Waals surface area (Å²) >= 11 is 1.32. The van der Waals surface area contributed by atoms with Gasteiger partial charge in [0.1, 0.15) is 0 Å². The Balaban J connectivity index is 1.15. The molecule has 0 amide bonds. The van der Waals surface area contributed by atoms with Gasteiger partial charge in [0.15, 0.2) is 16.7 Å². The van der Waals surface area contributed by atoms with Crippen LogP contribution < -0.4 is 0 Å². The Kier molecular flexibility index (Phi) is 5.48. The summed E-state index contributed by atoms with van der Waals surface area (Å²) < 4.78 is 12.4. The fraction of sp³-hybridized carbons (Fsp3) is 0.0741. The number of hydrogen-bond donors (Lipinski definition) is 0. The number of thiazole rings is 1. The van der Waals surface area contributed by atoms with Crippen LogP contribution in [0.1, 0.15) is 27.5 Å². The Hall–Kier alpha value is -4.43. The second kappa shape index (κ2) is 9.08. The van der Waals surface area contributed by atoms with Crippen molar-refractivity contribution in [1.82, 2.24) is 20.2 Å². The number of carbonyl (C=O) groups is 1. The maximum atomic E-state index is 12.9. The Morgan fingerprint density at radius 3 is 2.31 bits per heavy atom. The van der Waals surface area contributed by atoms with Gasteiger partial charge in [0.2, 0.25) is 5.89 Å². The smallest absolute Gasteiger partial charge is 0.291 e. The first-order chi connectivity index (χ1) is 17.2. The highest BCUT2D eigenvalue weighted by Crippen LogP contribution is 2.29. The molecule has 6 aromatic rings. The number of aromatic nitrogens is 4. The van der Waals surface area contributed by atoms with Crippen molar-refractivity contribution in [1.29, 1.82) is 0 Å². The Morgan fingerprint density at radius 2 is 1.51 bits per heavy atom. The Bertz CT molecular complexity index is 1620. The van der Waals surface area contributed by atoms with Gasteiger partial charge in [-0.15, -0.1) is 21.5 Å². The molecule has 3 heterocycles. The fourth-order valence-electron chi connectivity index (χ4n) is 3.75. The van der Waals surface area contributed by atoms with E-state index in [2.05, 4.69) is 32.3 Å². The molecular formula is C27H18N4O3S. The minimum Gasteiger partial charge on any atom is -0.441 e. The number of fused-ring (bicyclic) bond motifs is 1. The molecule has 3 aromatic carbocycles. The van der Waals surface area contributed by atoms with E-state index in [4.69, 9.17) is 8.83 Å². The largest absolute Gasteiger partial charge is 0.441 e. The average Bonchev–Trinajstić information content (AvgIpc) is 3.67. The van der Waals surface area contributed by atoms with Crippen molar-refractivity contribution >= 4 is 27.3 Å². The lowest BCUT2D eigenvalue weighted by Crippen LogP contribution is -2.00. The van der Waals surface area contributed by atoms with Crippen LogP contribution >= 0.6 is 11.3 Å². The highest BCUT2D eigenvalue weighted by Gasteiger charge is 2.21. The van der Waals surface area contributed by atoms with Gasteiger partial charge in [-0.1, -0.05) is 66.7 Å². The highest BCUT2D eigenvalue weighted by atomic mass is 32.1. The molecule has 0 saturated carbocycles. The molecule has 3 aromatic heterocycles. The van der Waals surface area contributed by atoms with Crippen molar-refractivity contribution in [3.8, 4) is 22.5 Å². The second-order valence-electron chi connectivity index (χ2n) is 7.88. The van der Waals surface area contributed by atoms with Crippen LogP contribution in [0.2, 0.25) is 0 Å². The number of aryl methyl sites for hydroxylation is 2. The lowest BCUT2D eigenvalue weighted by molar-refractivity contribution is 0.100. The summed E-state index contributed by atoms with van der Waals surface area (Å²) in [5.74, 6) is 1.16. The van der Waals surface area contributed by atoms with Crippen LogP contribution in [0.15, 0.2) is 93.9 Å². The Morgan fingerprint density at radius 1 is 0.771 bits per heavy atom. The van der Waals surface area contributed by atoms with Crippen LogP contribution in [0.4, 0.5) is 0 Å². The quantitative estimate of drug-likeness (QED) is 0.259. The molecule has 0 radical (unpaired) electrons. The van der Waals surface area contributed by atoms with Crippen molar-refractivity contribution in [2.45, 2.75) is 12.8 Å². The second-order valence-corrected chi connectivity index (χ2v) is 8.91. The van der Waals surface area contributed by atoms with Crippen molar-refractivity contribution < 1.29 is 13.6 Å². The molecule has 0 bridgehead atoms. The molecule has 7 nitrogen and oxygen atoms in total. The molecule has 0 spiro atoms. The van der Waals surface area contributed by atoms with E-state index in [1.54, 1.807) is 6.20 Å². The number of rotatable bonds is 7. The number of ketones is 1. The zero-order chi connectivity index (χ0) is 23.6. The van der Waals surface area contributed by atoms with Gasteiger partial charge >= 0.3 is 0 Å². The number of oxazole rings is 1. The maximum Gasteiger partial charge on any atom is 0.291 e. The van der Waals surface area contributed by atoms with E-state index < -0.39 is 0 Å². The summed E-state index contributed by atoms with van der Waals surface area (Å²) in [5.41, 5.74) is 3.90. The van der Waals surface area contributed by atoms with Crippen molar-refractivity contribution in [2.24, 2.45) is 0 Å². The van der Waals surface area contributed by atoms with Crippen LogP contribution in [0.25, 0.3) is 32.7 Å². The molecule has 0 N–H and O–H groups in total. The van der Waals surface area contributed by atoms with Gasteiger partial charge in [0.05, 0.1) is 16.4 Å². The van der Waals surface area contributed by atoms with Crippen LogP contribution in [0.3, 0.4) is 0 Å². The van der Waals surface area contributed by atoms with E-state index in [1.165, 1.54) is 11.3 Å². The summed E-state index contributed by atoms with van der Waals surface area (Å²) in [7, 11) is 0. The summed E-state index contributed by atoms with van der Waals surface area (Å²) in [6, 6.07) is 25.8. The SMILES string of the molecule is O=C(c1nnc(CCc2ncc(-c3ccccc3)o2)o1)c1nc2ccc(-c3ccccc3)cc2s1. The monoisotopic (exact) mass is 478 g/mol. The molecule has 8 heteroatoms. The molecular weight excluding hydrogens is 460 g/mol. The first-order valence-corrected chi connectivity index (χ1v) is 11.9. The number of nitrogens with zero attached hydrogens (tertiary/aromatic N) is 4. The summed E-state index contributed by atoms with van der Waals surface area (Å²) in [6.45, 7) is 0. The standard InChI is InChI=1S/C27H18N4O3S/c32-25(27-29-20-12-11-19(15-22(20)35-27)17-7-3-1-4-8-17)26-31-30-24(34-26)14-13-23-28-16-21(33-23)18-9-5-2-6-10-18/h1-12,15-16H,13-14H2. The van der Waals surface area contributed by atoms with E-state index in [0.29, 0.717) is 35.4 Å². The Labute approximate surface area is 204 Å². The van der Waals surface area contributed by atoms with Gasteiger partial charge in [-0.05, 0) is 23.3 Å². The predicted molar refractivity (Wildman–Crippen MR) is 132 cm³/mol. The maximum absolute atomic E-state index is 12.9.